The fraction of sp³-hybridized carbons (Fsp3) is 0.261. The van der Waals surface area contributed by atoms with Crippen molar-refractivity contribution in [3.63, 3.8) is 0 Å². The molecule has 0 spiro atoms. The van der Waals surface area contributed by atoms with E-state index in [1.54, 1.807) is 0 Å². The van der Waals surface area contributed by atoms with E-state index < -0.39 is 11.6 Å². The molecule has 4 aromatic rings. The van der Waals surface area contributed by atoms with Crippen LogP contribution in [0.3, 0.4) is 0 Å². The van der Waals surface area contributed by atoms with E-state index in [0.717, 1.165) is 37.6 Å². The van der Waals surface area contributed by atoms with Gasteiger partial charge in [-0.05, 0) is 36.4 Å². The van der Waals surface area contributed by atoms with Gasteiger partial charge in [-0.15, -0.1) is 0 Å². The highest BCUT2D eigenvalue weighted by Gasteiger charge is 2.19. The number of aliphatic hydroxyl groups is 1. The Morgan fingerprint density at radius 2 is 1.70 bits per heavy atom. The van der Waals surface area contributed by atoms with E-state index in [-0.39, 0.29) is 18.0 Å². The Labute approximate surface area is 188 Å². The summed E-state index contributed by atoms with van der Waals surface area (Å²) in [7, 11) is 0. The van der Waals surface area contributed by atoms with Crippen LogP contribution in [0.5, 0.6) is 0 Å². The maximum atomic E-state index is 14.3. The number of nitrogens with one attached hydrogen (secondary N) is 2. The second kappa shape index (κ2) is 9.08. The van der Waals surface area contributed by atoms with Gasteiger partial charge in [-0.2, -0.15) is 5.10 Å². The summed E-state index contributed by atoms with van der Waals surface area (Å²) in [5.74, 6) is -1.14. The lowest BCUT2D eigenvalue weighted by molar-refractivity contribution is 0.189. The van der Waals surface area contributed by atoms with Crippen molar-refractivity contribution in [3.05, 3.63) is 60.3 Å². The number of halogens is 2. The molecule has 0 aliphatic carbocycles. The highest BCUT2D eigenvalue weighted by atomic mass is 19.1. The van der Waals surface area contributed by atoms with Crippen LogP contribution in [0.4, 0.5) is 26.0 Å². The predicted octanol–water partition coefficient (Wildman–Crippen LogP) is 3.16. The number of aliphatic hydroxyl groups excluding tert-OH is 1. The number of β-amino-alcohol motifs (C(OH)–C–C–N with tert-alkyl or cyclic N) is 1. The Kier molecular flexibility index (Phi) is 5.84. The van der Waals surface area contributed by atoms with Crippen LogP contribution in [0.2, 0.25) is 0 Å². The van der Waals surface area contributed by atoms with E-state index in [2.05, 4.69) is 35.3 Å². The quantitative estimate of drug-likeness (QED) is 0.415. The number of benzene rings is 2. The molecule has 2 aromatic heterocycles. The van der Waals surface area contributed by atoms with E-state index in [0.29, 0.717) is 23.4 Å². The van der Waals surface area contributed by atoms with Gasteiger partial charge in [0.15, 0.2) is 11.6 Å². The molecule has 3 heterocycles. The molecule has 1 aliphatic heterocycles. The topological polar surface area (TPSA) is 93.2 Å². The first kappa shape index (κ1) is 21.2. The van der Waals surface area contributed by atoms with Gasteiger partial charge in [0.05, 0.1) is 18.4 Å². The molecule has 0 radical (unpaired) electrons. The molecule has 170 valence electrons. The van der Waals surface area contributed by atoms with Crippen LogP contribution in [0.15, 0.2) is 48.7 Å². The molecule has 1 fully saturated rings. The fourth-order valence-corrected chi connectivity index (χ4v) is 4.02. The minimum absolute atomic E-state index is 0.0561. The van der Waals surface area contributed by atoms with Gasteiger partial charge >= 0.3 is 0 Å². The first-order valence-corrected chi connectivity index (χ1v) is 10.7. The Morgan fingerprint density at radius 1 is 0.970 bits per heavy atom. The highest BCUT2D eigenvalue weighted by Crippen LogP contribution is 2.29. The number of nitrogens with zero attached hydrogens (tertiary/aromatic N) is 5. The molecule has 0 atom stereocenters. The highest BCUT2D eigenvalue weighted by molar-refractivity contribution is 5.88. The average Bonchev–Trinajstić information content (AvgIpc) is 3.30. The van der Waals surface area contributed by atoms with E-state index in [1.807, 2.05) is 24.3 Å². The van der Waals surface area contributed by atoms with Crippen LogP contribution in [0, 0.1) is 11.6 Å². The maximum absolute atomic E-state index is 14.3. The Balaban J connectivity index is 1.39. The minimum atomic E-state index is -0.729. The summed E-state index contributed by atoms with van der Waals surface area (Å²) in [4.78, 5) is 13.2. The standard InChI is InChI=1S/C23H23F2N7O/c24-17-2-1-3-18(25)20(17)22-28-19-14-26-30-21(19)23(29-22)27-15-4-6-16(7-5-15)32-10-8-31(9-11-32)12-13-33/h1-7,14,33H,8-13H2,(H,26,30)(H,27,28,29). The summed E-state index contributed by atoms with van der Waals surface area (Å²) in [6, 6.07) is 11.6. The molecule has 0 amide bonds. The van der Waals surface area contributed by atoms with Crippen LogP contribution >= 0.6 is 0 Å². The summed E-state index contributed by atoms with van der Waals surface area (Å²) < 4.78 is 28.7. The molecule has 3 N–H and O–H groups in total. The van der Waals surface area contributed by atoms with Crippen molar-refractivity contribution in [2.24, 2.45) is 0 Å². The van der Waals surface area contributed by atoms with Crippen LogP contribution in [0.1, 0.15) is 0 Å². The van der Waals surface area contributed by atoms with E-state index in [1.165, 1.54) is 24.4 Å². The largest absolute Gasteiger partial charge is 0.395 e. The third-order valence-electron chi connectivity index (χ3n) is 5.77. The van der Waals surface area contributed by atoms with Gasteiger partial charge in [-0.1, -0.05) is 6.07 Å². The van der Waals surface area contributed by atoms with Gasteiger partial charge in [0.25, 0.3) is 0 Å². The molecular weight excluding hydrogens is 428 g/mol. The lowest BCUT2D eigenvalue weighted by atomic mass is 10.2. The monoisotopic (exact) mass is 451 g/mol. The number of aromatic nitrogens is 4. The molecule has 33 heavy (non-hydrogen) atoms. The Morgan fingerprint density at radius 3 is 2.39 bits per heavy atom. The predicted molar refractivity (Wildman–Crippen MR) is 122 cm³/mol. The zero-order valence-electron chi connectivity index (χ0n) is 17.8. The van der Waals surface area contributed by atoms with Crippen LogP contribution in [-0.2, 0) is 0 Å². The number of rotatable bonds is 6. The van der Waals surface area contributed by atoms with Crippen LogP contribution in [0.25, 0.3) is 22.4 Å². The van der Waals surface area contributed by atoms with E-state index in [4.69, 9.17) is 5.11 Å². The first-order valence-electron chi connectivity index (χ1n) is 10.7. The minimum Gasteiger partial charge on any atom is -0.395 e. The van der Waals surface area contributed by atoms with Gasteiger partial charge in [-0.25, -0.2) is 18.7 Å². The summed E-state index contributed by atoms with van der Waals surface area (Å²) in [5, 5.41) is 19.1. The smallest absolute Gasteiger partial charge is 0.168 e. The summed E-state index contributed by atoms with van der Waals surface area (Å²) >= 11 is 0. The molecule has 10 heteroatoms. The number of anilines is 3. The molecule has 1 saturated heterocycles. The fourth-order valence-electron chi connectivity index (χ4n) is 4.02. The van der Waals surface area contributed by atoms with Crippen molar-refractivity contribution in [1.29, 1.82) is 0 Å². The zero-order valence-corrected chi connectivity index (χ0v) is 17.8. The van der Waals surface area contributed by atoms with Crippen molar-refractivity contribution in [2.75, 3.05) is 49.5 Å². The van der Waals surface area contributed by atoms with Crippen molar-refractivity contribution in [2.45, 2.75) is 0 Å². The number of H-pyrrole nitrogens is 1. The summed E-state index contributed by atoms with van der Waals surface area (Å²) in [6.45, 7) is 4.49. The second-order valence-electron chi connectivity index (χ2n) is 7.85. The lowest BCUT2D eigenvalue weighted by Gasteiger charge is -2.35. The van der Waals surface area contributed by atoms with Crippen molar-refractivity contribution in [3.8, 4) is 11.4 Å². The van der Waals surface area contributed by atoms with Gasteiger partial charge in [0.1, 0.15) is 22.7 Å². The number of hydrogen-bond acceptors (Lipinski definition) is 7. The van der Waals surface area contributed by atoms with Crippen molar-refractivity contribution < 1.29 is 13.9 Å². The molecule has 0 saturated carbocycles. The SMILES string of the molecule is OCCN1CCN(c2ccc(Nc3nc(-c4c(F)cccc4F)nc4cn[nH]c34)cc2)CC1. The number of aromatic amines is 1. The summed E-state index contributed by atoms with van der Waals surface area (Å²) in [5.41, 5.74) is 2.58. The van der Waals surface area contributed by atoms with Crippen LogP contribution < -0.4 is 10.2 Å². The number of hydrogen-bond donors (Lipinski definition) is 3. The van der Waals surface area contributed by atoms with E-state index >= 15 is 0 Å². The average molecular weight is 451 g/mol. The molecule has 1 aliphatic rings. The van der Waals surface area contributed by atoms with Gasteiger partial charge in [-0.3, -0.25) is 10.00 Å². The Hall–Kier alpha value is -3.63. The molecule has 2 aromatic carbocycles. The maximum Gasteiger partial charge on any atom is 0.168 e. The first-order chi connectivity index (χ1) is 16.1. The normalized spacial score (nSPS) is 14.7. The Bertz CT molecular complexity index is 1230. The molecule has 8 nitrogen and oxygen atoms in total. The summed E-state index contributed by atoms with van der Waals surface area (Å²) in [6.07, 6.45) is 1.49. The number of piperazine rings is 1. The van der Waals surface area contributed by atoms with Gasteiger partial charge < -0.3 is 15.3 Å². The number of fused-ring (bicyclic) bond motifs is 1. The van der Waals surface area contributed by atoms with Crippen LogP contribution in [-0.4, -0.2) is 69.5 Å². The molecule has 5 rings (SSSR count). The van der Waals surface area contributed by atoms with Gasteiger partial charge in [0, 0.05) is 44.1 Å². The molecular formula is C23H23F2N7O. The third kappa shape index (κ3) is 4.35. The van der Waals surface area contributed by atoms with Crippen molar-refractivity contribution in [1.82, 2.24) is 25.1 Å². The van der Waals surface area contributed by atoms with Gasteiger partial charge in [0.2, 0.25) is 0 Å². The second-order valence-corrected chi connectivity index (χ2v) is 7.85. The molecule has 0 unspecified atom stereocenters. The van der Waals surface area contributed by atoms with E-state index in [9.17, 15) is 8.78 Å². The zero-order chi connectivity index (χ0) is 22.8. The lowest BCUT2D eigenvalue weighted by Crippen LogP contribution is -2.47. The molecule has 0 bridgehead atoms. The van der Waals surface area contributed by atoms with Crippen molar-refractivity contribution >= 4 is 28.2 Å². The third-order valence-corrected chi connectivity index (χ3v) is 5.77.